The number of hydrogen-bond donors (Lipinski definition) is 1. The fourth-order valence-electron chi connectivity index (χ4n) is 2.64. The van der Waals surface area contributed by atoms with Crippen molar-refractivity contribution in [2.75, 3.05) is 12.9 Å². The second-order valence-corrected chi connectivity index (χ2v) is 6.22. The highest BCUT2D eigenvalue weighted by atomic mass is 32.2. The number of benzene rings is 2. The van der Waals surface area contributed by atoms with Crippen molar-refractivity contribution in [3.05, 3.63) is 42.0 Å². The number of thioether (sulfide) groups is 1. The minimum Gasteiger partial charge on any atom is -0.496 e. The highest BCUT2D eigenvalue weighted by Crippen LogP contribution is 2.40. The molecule has 0 aliphatic carbocycles. The van der Waals surface area contributed by atoms with Crippen LogP contribution in [0.2, 0.25) is 0 Å². The van der Waals surface area contributed by atoms with Gasteiger partial charge in [-0.1, -0.05) is 30.3 Å². The first-order valence-electron chi connectivity index (χ1n) is 6.73. The molecule has 0 amide bonds. The number of nitrogens with one attached hydrogen (secondary N) is 1. The van der Waals surface area contributed by atoms with Gasteiger partial charge < -0.3 is 4.74 Å². The van der Waals surface area contributed by atoms with Crippen molar-refractivity contribution in [2.45, 2.75) is 24.8 Å². The molecule has 0 saturated carbocycles. The third-order valence-electron chi connectivity index (χ3n) is 3.68. The Balaban J connectivity index is 2.13. The van der Waals surface area contributed by atoms with Crippen molar-refractivity contribution in [3.8, 4) is 5.75 Å². The van der Waals surface area contributed by atoms with Gasteiger partial charge in [0.15, 0.2) is 0 Å². The van der Waals surface area contributed by atoms with E-state index in [9.17, 15) is 0 Å². The molecule has 2 aromatic rings. The monoisotopic (exact) mass is 273 g/mol. The number of rotatable bonds is 2. The van der Waals surface area contributed by atoms with E-state index in [4.69, 9.17) is 4.74 Å². The predicted octanol–water partition coefficient (Wildman–Crippen LogP) is 3.96. The van der Waals surface area contributed by atoms with Crippen molar-refractivity contribution >= 4 is 22.5 Å². The molecule has 1 fully saturated rings. The SMILES string of the molecule is COc1ccc2ccccc2c1C1NC(C)CCS1. The molecule has 1 saturated heterocycles. The Labute approximate surface area is 118 Å². The largest absolute Gasteiger partial charge is 0.496 e. The zero-order valence-electron chi connectivity index (χ0n) is 11.3. The maximum atomic E-state index is 5.59. The van der Waals surface area contributed by atoms with Crippen LogP contribution in [0.15, 0.2) is 36.4 Å². The van der Waals surface area contributed by atoms with Gasteiger partial charge in [0, 0.05) is 11.6 Å². The maximum absolute atomic E-state index is 5.59. The second kappa shape index (κ2) is 5.43. The quantitative estimate of drug-likeness (QED) is 0.895. The third-order valence-corrected chi connectivity index (χ3v) is 4.86. The summed E-state index contributed by atoms with van der Waals surface area (Å²) in [5.74, 6) is 2.18. The lowest BCUT2D eigenvalue weighted by molar-refractivity contribution is 0.404. The lowest BCUT2D eigenvalue weighted by Gasteiger charge is -2.30. The van der Waals surface area contributed by atoms with E-state index in [-0.39, 0.29) is 0 Å². The van der Waals surface area contributed by atoms with E-state index >= 15 is 0 Å². The second-order valence-electron chi connectivity index (χ2n) is 5.01. The van der Waals surface area contributed by atoms with Gasteiger partial charge in [0.2, 0.25) is 0 Å². The highest BCUT2D eigenvalue weighted by Gasteiger charge is 2.24. The van der Waals surface area contributed by atoms with Crippen LogP contribution in [-0.2, 0) is 0 Å². The molecule has 0 bridgehead atoms. The van der Waals surface area contributed by atoms with Crippen LogP contribution in [0.3, 0.4) is 0 Å². The van der Waals surface area contributed by atoms with E-state index in [0.717, 1.165) is 5.75 Å². The molecule has 1 N–H and O–H groups in total. The van der Waals surface area contributed by atoms with Crippen LogP contribution in [0.25, 0.3) is 10.8 Å². The standard InChI is InChI=1S/C16H19NOS/c1-11-9-10-19-16(17-11)15-13-6-4-3-5-12(13)7-8-14(15)18-2/h3-8,11,16-17H,9-10H2,1-2H3. The van der Waals surface area contributed by atoms with Gasteiger partial charge in [-0.05, 0) is 35.9 Å². The molecule has 0 radical (unpaired) electrons. The topological polar surface area (TPSA) is 21.3 Å². The molecular weight excluding hydrogens is 254 g/mol. The molecule has 0 aromatic heterocycles. The first-order valence-corrected chi connectivity index (χ1v) is 7.78. The number of ether oxygens (including phenoxy) is 1. The van der Waals surface area contributed by atoms with Crippen LogP contribution in [-0.4, -0.2) is 18.9 Å². The fraction of sp³-hybridized carbons (Fsp3) is 0.375. The normalized spacial score (nSPS) is 23.5. The van der Waals surface area contributed by atoms with Crippen LogP contribution >= 0.6 is 11.8 Å². The van der Waals surface area contributed by atoms with E-state index in [1.165, 1.54) is 28.5 Å². The number of fused-ring (bicyclic) bond motifs is 1. The molecule has 1 aliphatic heterocycles. The van der Waals surface area contributed by atoms with Crippen molar-refractivity contribution in [2.24, 2.45) is 0 Å². The van der Waals surface area contributed by atoms with Crippen molar-refractivity contribution in [3.63, 3.8) is 0 Å². The summed E-state index contributed by atoms with van der Waals surface area (Å²) in [7, 11) is 1.75. The molecule has 19 heavy (non-hydrogen) atoms. The predicted molar refractivity (Wildman–Crippen MR) is 82.9 cm³/mol. The lowest BCUT2D eigenvalue weighted by atomic mass is 10.0. The Hall–Kier alpha value is -1.19. The molecule has 0 spiro atoms. The van der Waals surface area contributed by atoms with Gasteiger partial charge in [-0.25, -0.2) is 0 Å². The molecule has 1 aliphatic rings. The van der Waals surface area contributed by atoms with Crippen molar-refractivity contribution < 1.29 is 4.74 Å². The Morgan fingerprint density at radius 1 is 1.21 bits per heavy atom. The number of methoxy groups -OCH3 is 1. The molecular formula is C16H19NOS. The summed E-state index contributed by atoms with van der Waals surface area (Å²) in [4.78, 5) is 0. The molecule has 1 heterocycles. The highest BCUT2D eigenvalue weighted by molar-refractivity contribution is 7.99. The van der Waals surface area contributed by atoms with Gasteiger partial charge in [-0.2, -0.15) is 0 Å². The molecule has 2 unspecified atom stereocenters. The van der Waals surface area contributed by atoms with Gasteiger partial charge >= 0.3 is 0 Å². The maximum Gasteiger partial charge on any atom is 0.125 e. The van der Waals surface area contributed by atoms with E-state index < -0.39 is 0 Å². The van der Waals surface area contributed by atoms with Crippen LogP contribution in [0.5, 0.6) is 5.75 Å². The summed E-state index contributed by atoms with van der Waals surface area (Å²) < 4.78 is 5.59. The minimum atomic E-state index is 0.324. The Bertz CT molecular complexity index is 584. The number of hydrogen-bond acceptors (Lipinski definition) is 3. The summed E-state index contributed by atoms with van der Waals surface area (Å²) in [6.07, 6.45) is 1.23. The van der Waals surface area contributed by atoms with Gasteiger partial charge in [0.25, 0.3) is 0 Å². The summed E-state index contributed by atoms with van der Waals surface area (Å²) in [5.41, 5.74) is 1.29. The third kappa shape index (κ3) is 2.45. The molecule has 3 heteroatoms. The van der Waals surface area contributed by atoms with Crippen LogP contribution in [0, 0.1) is 0 Å². The van der Waals surface area contributed by atoms with E-state index in [1.54, 1.807) is 7.11 Å². The smallest absolute Gasteiger partial charge is 0.125 e. The molecule has 3 rings (SSSR count). The van der Waals surface area contributed by atoms with E-state index in [1.807, 2.05) is 11.8 Å². The van der Waals surface area contributed by atoms with Crippen LogP contribution in [0.4, 0.5) is 0 Å². The molecule has 100 valence electrons. The first kappa shape index (κ1) is 12.8. The average Bonchev–Trinajstić information content (AvgIpc) is 2.46. The van der Waals surface area contributed by atoms with Gasteiger partial charge in [0.1, 0.15) is 5.75 Å². The van der Waals surface area contributed by atoms with Crippen LogP contribution in [0.1, 0.15) is 24.3 Å². The Morgan fingerprint density at radius 3 is 2.84 bits per heavy atom. The molecule has 2 nitrogen and oxygen atoms in total. The Kier molecular flexibility index (Phi) is 3.67. The molecule has 2 aromatic carbocycles. The summed E-state index contributed by atoms with van der Waals surface area (Å²) in [5, 5.41) is 6.58. The van der Waals surface area contributed by atoms with Crippen LogP contribution < -0.4 is 10.1 Å². The van der Waals surface area contributed by atoms with Gasteiger partial charge in [-0.3, -0.25) is 5.32 Å². The zero-order chi connectivity index (χ0) is 13.2. The van der Waals surface area contributed by atoms with Gasteiger partial charge in [-0.15, -0.1) is 11.8 Å². The summed E-state index contributed by atoms with van der Waals surface area (Å²) in [6.45, 7) is 2.25. The minimum absolute atomic E-state index is 0.324. The first-order chi connectivity index (χ1) is 9.29. The Morgan fingerprint density at radius 2 is 2.05 bits per heavy atom. The van der Waals surface area contributed by atoms with Crippen molar-refractivity contribution in [1.29, 1.82) is 0 Å². The fourth-order valence-corrected chi connectivity index (χ4v) is 4.11. The van der Waals surface area contributed by atoms with Crippen molar-refractivity contribution in [1.82, 2.24) is 5.32 Å². The zero-order valence-corrected chi connectivity index (χ0v) is 12.2. The summed E-state index contributed by atoms with van der Waals surface area (Å²) in [6, 6.07) is 13.3. The van der Waals surface area contributed by atoms with E-state index in [2.05, 4.69) is 48.6 Å². The lowest BCUT2D eigenvalue weighted by Crippen LogP contribution is -2.33. The van der Waals surface area contributed by atoms with E-state index in [0.29, 0.717) is 11.4 Å². The summed E-state index contributed by atoms with van der Waals surface area (Å²) >= 11 is 1.97. The average molecular weight is 273 g/mol. The van der Waals surface area contributed by atoms with Gasteiger partial charge in [0.05, 0.1) is 12.5 Å². The molecule has 2 atom stereocenters.